The Balaban J connectivity index is 1.88. The first-order chi connectivity index (χ1) is 14.5. The third-order valence-electron chi connectivity index (χ3n) is 4.92. The van der Waals surface area contributed by atoms with E-state index in [4.69, 9.17) is 13.9 Å². The molecule has 1 atom stereocenters. The van der Waals surface area contributed by atoms with Gasteiger partial charge in [0, 0.05) is 4.88 Å². The smallest absolute Gasteiger partial charge is 0.296 e. The Labute approximate surface area is 176 Å². The summed E-state index contributed by atoms with van der Waals surface area (Å²) in [5, 5.41) is 13.1. The lowest BCUT2D eigenvalue weighted by atomic mass is 9.98. The summed E-state index contributed by atoms with van der Waals surface area (Å²) in [5.74, 6) is -0.632. The number of aliphatic hydroxyl groups excluding tert-OH is 1. The van der Waals surface area contributed by atoms with E-state index >= 15 is 0 Å². The van der Waals surface area contributed by atoms with E-state index < -0.39 is 17.7 Å². The van der Waals surface area contributed by atoms with Crippen molar-refractivity contribution < 1.29 is 28.6 Å². The van der Waals surface area contributed by atoms with E-state index in [1.807, 2.05) is 17.5 Å². The van der Waals surface area contributed by atoms with Gasteiger partial charge in [0.15, 0.2) is 0 Å². The summed E-state index contributed by atoms with van der Waals surface area (Å²) < 4.78 is 16.1. The summed E-state index contributed by atoms with van der Waals surface area (Å²) in [6.45, 7) is 0.222. The van der Waals surface area contributed by atoms with E-state index in [0.29, 0.717) is 17.3 Å². The molecule has 0 saturated carbocycles. The lowest BCUT2D eigenvalue weighted by Crippen LogP contribution is -2.28. The number of carbonyl (C=O) groups excluding carboxylic acids is 2. The highest BCUT2D eigenvalue weighted by atomic mass is 32.1. The van der Waals surface area contributed by atoms with Crippen LogP contribution in [0.15, 0.2) is 64.1 Å². The van der Waals surface area contributed by atoms with Crippen molar-refractivity contribution in [3.8, 4) is 11.5 Å². The lowest BCUT2D eigenvalue weighted by molar-refractivity contribution is -0.140. The van der Waals surface area contributed by atoms with Crippen molar-refractivity contribution in [3.05, 3.63) is 75.9 Å². The number of carbonyl (C=O) groups is 2. The summed E-state index contributed by atoms with van der Waals surface area (Å²) in [7, 11) is 2.95. The first kappa shape index (κ1) is 19.8. The van der Waals surface area contributed by atoms with Crippen LogP contribution >= 0.6 is 11.3 Å². The quantitative estimate of drug-likeness (QED) is 0.365. The molecule has 1 aliphatic rings. The summed E-state index contributed by atoms with van der Waals surface area (Å²) in [4.78, 5) is 28.2. The van der Waals surface area contributed by atoms with Gasteiger partial charge in [0.2, 0.25) is 0 Å². The number of aliphatic hydroxyl groups is 1. The molecule has 0 spiro atoms. The zero-order chi connectivity index (χ0) is 21.3. The van der Waals surface area contributed by atoms with Gasteiger partial charge in [-0.3, -0.25) is 9.59 Å². The highest BCUT2D eigenvalue weighted by molar-refractivity contribution is 7.09. The maximum absolute atomic E-state index is 13.0. The summed E-state index contributed by atoms with van der Waals surface area (Å²) >= 11 is 1.48. The van der Waals surface area contributed by atoms with Gasteiger partial charge in [0.25, 0.3) is 11.7 Å². The van der Waals surface area contributed by atoms with Crippen LogP contribution in [0.4, 0.5) is 0 Å². The molecular formula is C22H19NO6S. The van der Waals surface area contributed by atoms with Crippen LogP contribution in [0.3, 0.4) is 0 Å². The van der Waals surface area contributed by atoms with Crippen LogP contribution < -0.4 is 9.47 Å². The Morgan fingerprint density at radius 2 is 2.00 bits per heavy atom. The fourth-order valence-electron chi connectivity index (χ4n) is 3.50. The molecule has 1 aromatic carbocycles. The van der Waals surface area contributed by atoms with Crippen LogP contribution in [-0.2, 0) is 16.1 Å². The van der Waals surface area contributed by atoms with Crippen molar-refractivity contribution in [3.63, 3.8) is 0 Å². The third kappa shape index (κ3) is 3.35. The Morgan fingerprint density at radius 1 is 1.17 bits per heavy atom. The molecule has 1 saturated heterocycles. The van der Waals surface area contributed by atoms with Crippen molar-refractivity contribution >= 4 is 28.8 Å². The number of amides is 1. The van der Waals surface area contributed by atoms with E-state index in [2.05, 4.69) is 0 Å². The highest BCUT2D eigenvalue weighted by Crippen LogP contribution is 2.42. The summed E-state index contributed by atoms with van der Waals surface area (Å²) in [6, 6.07) is 11.1. The number of benzene rings is 1. The minimum absolute atomic E-state index is 0.0574. The second kappa shape index (κ2) is 8.08. The predicted molar refractivity (Wildman–Crippen MR) is 110 cm³/mol. The number of methoxy groups -OCH3 is 2. The number of Topliss-reactive ketones (excluding diaryl/α,β-unsaturated/α-hetero) is 1. The molecule has 1 amide bonds. The zero-order valence-corrected chi connectivity index (χ0v) is 17.1. The standard InChI is InChI=1S/C22H19NO6S/c1-27-13-7-8-16(28-2)15(11-13)20(24)18-19(17-6-3-9-29-17)23(22(26)21(18)25)12-14-5-4-10-30-14/h3-11,19,24H,12H2,1-2H3/b20-18-. The average Bonchev–Trinajstić information content (AvgIpc) is 3.52. The van der Waals surface area contributed by atoms with E-state index in [9.17, 15) is 14.7 Å². The molecule has 4 rings (SSSR count). The Morgan fingerprint density at radius 3 is 2.63 bits per heavy atom. The predicted octanol–water partition coefficient (Wildman–Crippen LogP) is 3.98. The Hall–Kier alpha value is -3.52. The van der Waals surface area contributed by atoms with Gasteiger partial charge < -0.3 is 23.9 Å². The van der Waals surface area contributed by atoms with Crippen LogP contribution in [0.25, 0.3) is 5.76 Å². The fraction of sp³-hybridized carbons (Fsp3) is 0.182. The van der Waals surface area contributed by atoms with Crippen molar-refractivity contribution in [1.29, 1.82) is 0 Å². The van der Waals surface area contributed by atoms with Gasteiger partial charge in [-0.05, 0) is 41.8 Å². The lowest BCUT2D eigenvalue weighted by Gasteiger charge is -2.22. The van der Waals surface area contributed by atoms with E-state index in [1.165, 1.54) is 36.7 Å². The number of ether oxygens (including phenoxy) is 2. The molecular weight excluding hydrogens is 406 g/mol. The van der Waals surface area contributed by atoms with Crippen LogP contribution in [0.1, 0.15) is 22.2 Å². The largest absolute Gasteiger partial charge is 0.507 e. The molecule has 2 aromatic heterocycles. The summed E-state index contributed by atoms with van der Waals surface area (Å²) in [5.41, 5.74) is 0.195. The maximum atomic E-state index is 13.0. The number of rotatable bonds is 6. The van der Waals surface area contributed by atoms with Crippen molar-refractivity contribution in [1.82, 2.24) is 4.90 Å². The highest BCUT2D eigenvalue weighted by Gasteiger charge is 2.47. The second-order valence-electron chi connectivity index (χ2n) is 6.59. The number of hydrogen-bond donors (Lipinski definition) is 1. The fourth-order valence-corrected chi connectivity index (χ4v) is 4.20. The maximum Gasteiger partial charge on any atom is 0.296 e. The SMILES string of the molecule is COc1ccc(OC)c(/C(O)=C2/C(=O)C(=O)N(Cc3cccs3)C2c2ccco2)c1. The van der Waals surface area contributed by atoms with Crippen LogP contribution in [0.5, 0.6) is 11.5 Å². The number of likely N-dealkylation sites (tertiary alicyclic amines) is 1. The molecule has 3 aromatic rings. The molecule has 7 nitrogen and oxygen atoms in total. The Bertz CT molecular complexity index is 1100. The van der Waals surface area contributed by atoms with E-state index in [1.54, 1.807) is 30.3 Å². The number of hydrogen-bond acceptors (Lipinski definition) is 7. The molecule has 30 heavy (non-hydrogen) atoms. The average molecular weight is 425 g/mol. The minimum atomic E-state index is -0.863. The topological polar surface area (TPSA) is 89.2 Å². The molecule has 1 N–H and O–H groups in total. The number of nitrogens with zero attached hydrogens (tertiary/aromatic N) is 1. The van der Waals surface area contributed by atoms with Gasteiger partial charge >= 0.3 is 0 Å². The van der Waals surface area contributed by atoms with Gasteiger partial charge in [-0.15, -0.1) is 11.3 Å². The molecule has 1 unspecified atom stereocenters. The van der Waals surface area contributed by atoms with E-state index in [0.717, 1.165) is 4.88 Å². The van der Waals surface area contributed by atoms with Gasteiger partial charge in [-0.1, -0.05) is 6.07 Å². The summed E-state index contributed by atoms with van der Waals surface area (Å²) in [6.07, 6.45) is 1.47. The van der Waals surface area contributed by atoms with Gasteiger partial charge in [0.05, 0.1) is 38.2 Å². The molecule has 8 heteroatoms. The molecule has 0 bridgehead atoms. The van der Waals surface area contributed by atoms with Crippen molar-refractivity contribution in [2.45, 2.75) is 12.6 Å². The number of ketones is 1. The molecule has 1 fully saturated rings. The van der Waals surface area contributed by atoms with Crippen molar-refractivity contribution in [2.75, 3.05) is 14.2 Å². The second-order valence-corrected chi connectivity index (χ2v) is 7.62. The minimum Gasteiger partial charge on any atom is -0.507 e. The molecule has 1 aliphatic heterocycles. The van der Waals surface area contributed by atoms with Crippen LogP contribution in [0, 0.1) is 0 Å². The monoisotopic (exact) mass is 425 g/mol. The number of furan rings is 1. The Kier molecular flexibility index (Phi) is 5.33. The first-order valence-corrected chi connectivity index (χ1v) is 9.99. The van der Waals surface area contributed by atoms with Gasteiger partial charge in [0.1, 0.15) is 29.1 Å². The van der Waals surface area contributed by atoms with Crippen LogP contribution in [0.2, 0.25) is 0 Å². The molecule has 154 valence electrons. The third-order valence-corrected chi connectivity index (χ3v) is 5.78. The molecule has 3 heterocycles. The van der Waals surface area contributed by atoms with Gasteiger partial charge in [-0.2, -0.15) is 0 Å². The van der Waals surface area contributed by atoms with Gasteiger partial charge in [-0.25, -0.2) is 0 Å². The normalized spacial score (nSPS) is 18.1. The van der Waals surface area contributed by atoms with Crippen molar-refractivity contribution in [2.24, 2.45) is 0 Å². The zero-order valence-electron chi connectivity index (χ0n) is 16.3. The molecule has 0 radical (unpaired) electrons. The van der Waals surface area contributed by atoms with Crippen LogP contribution in [-0.4, -0.2) is 35.9 Å². The van der Waals surface area contributed by atoms with E-state index in [-0.39, 0.29) is 23.4 Å². The molecule has 0 aliphatic carbocycles. The number of thiophene rings is 1. The first-order valence-electron chi connectivity index (χ1n) is 9.11.